The number of amides is 2. The number of hydrogen-bond acceptors (Lipinski definition) is 5. The highest BCUT2D eigenvalue weighted by Gasteiger charge is 2.22. The first-order valence-electron chi connectivity index (χ1n) is 5.68. The van der Waals surface area contributed by atoms with Crippen LogP contribution in [0, 0.1) is 13.8 Å². The number of nitrogens with two attached hydrogens (primary N) is 1. The summed E-state index contributed by atoms with van der Waals surface area (Å²) < 4.78 is 5.19. The number of halogens is 1. The average Bonchev–Trinajstić information content (AvgIpc) is 2.79. The van der Waals surface area contributed by atoms with Crippen molar-refractivity contribution in [3.63, 3.8) is 0 Å². The predicted molar refractivity (Wildman–Crippen MR) is 79.1 cm³/mol. The van der Waals surface area contributed by atoms with Gasteiger partial charge in [0.25, 0.3) is 0 Å². The van der Waals surface area contributed by atoms with E-state index in [0.717, 1.165) is 10.6 Å². The number of carbonyl (C=O) groups is 1. The van der Waals surface area contributed by atoms with Crippen LogP contribution in [0.15, 0.2) is 12.1 Å². The molecule has 8 heteroatoms. The summed E-state index contributed by atoms with van der Waals surface area (Å²) in [6.45, 7) is 3.64. The second-order valence-corrected chi connectivity index (χ2v) is 5.62. The molecule has 0 bridgehead atoms. The lowest BCUT2D eigenvalue weighted by Gasteiger charge is -2.19. The van der Waals surface area contributed by atoms with Crippen LogP contribution in [0.25, 0.3) is 0 Å². The van der Waals surface area contributed by atoms with Gasteiger partial charge in [0, 0.05) is 6.07 Å². The second kappa shape index (κ2) is 5.64. The summed E-state index contributed by atoms with van der Waals surface area (Å²) >= 11 is 7.46. The van der Waals surface area contributed by atoms with Gasteiger partial charge in [0.05, 0.1) is 17.8 Å². The molecule has 2 aromatic rings. The molecular weight excluding hydrogens is 300 g/mol. The molecule has 0 unspecified atom stereocenters. The largest absolute Gasteiger partial charge is 0.496 e. The summed E-state index contributed by atoms with van der Waals surface area (Å²) in [5, 5.41) is 9.27. The van der Waals surface area contributed by atoms with Crippen molar-refractivity contribution in [1.82, 2.24) is 10.2 Å². The van der Waals surface area contributed by atoms with Crippen LogP contribution in [0.4, 0.5) is 15.6 Å². The number of benzene rings is 1. The van der Waals surface area contributed by atoms with Crippen LogP contribution >= 0.6 is 22.9 Å². The Morgan fingerprint density at radius 3 is 2.60 bits per heavy atom. The van der Waals surface area contributed by atoms with E-state index < -0.39 is 6.03 Å². The third-order valence-corrected chi connectivity index (χ3v) is 3.76. The summed E-state index contributed by atoms with van der Waals surface area (Å²) in [6, 6.07) is 2.69. The van der Waals surface area contributed by atoms with Crippen molar-refractivity contribution in [3.05, 3.63) is 27.7 Å². The SMILES string of the molecule is COc1cc(Cl)c(N(C(N)=O)c2nnc(C)s2)cc1C. The van der Waals surface area contributed by atoms with E-state index in [9.17, 15) is 4.79 Å². The van der Waals surface area contributed by atoms with E-state index in [4.69, 9.17) is 22.1 Å². The molecule has 0 aliphatic carbocycles. The zero-order valence-corrected chi connectivity index (χ0v) is 12.7. The molecule has 2 N–H and O–H groups in total. The van der Waals surface area contributed by atoms with Crippen molar-refractivity contribution in [1.29, 1.82) is 0 Å². The van der Waals surface area contributed by atoms with Gasteiger partial charge in [-0.05, 0) is 25.5 Å². The van der Waals surface area contributed by atoms with Crippen molar-refractivity contribution >= 4 is 39.8 Å². The monoisotopic (exact) mass is 312 g/mol. The lowest BCUT2D eigenvalue weighted by atomic mass is 10.2. The minimum Gasteiger partial charge on any atom is -0.496 e. The van der Waals surface area contributed by atoms with E-state index in [1.807, 2.05) is 6.92 Å². The molecule has 20 heavy (non-hydrogen) atoms. The summed E-state index contributed by atoms with van der Waals surface area (Å²) in [5.41, 5.74) is 6.72. The fraction of sp³-hybridized carbons (Fsp3) is 0.250. The first-order valence-corrected chi connectivity index (χ1v) is 6.87. The molecule has 1 heterocycles. The lowest BCUT2D eigenvalue weighted by Crippen LogP contribution is -2.31. The van der Waals surface area contributed by atoms with Crippen LogP contribution < -0.4 is 15.4 Å². The van der Waals surface area contributed by atoms with E-state index in [1.54, 1.807) is 26.2 Å². The number of rotatable bonds is 3. The van der Waals surface area contributed by atoms with Crippen LogP contribution in [0.5, 0.6) is 5.75 Å². The number of primary amides is 1. The molecule has 1 aromatic carbocycles. The number of anilines is 2. The Labute approximate surface area is 125 Å². The first-order chi connectivity index (χ1) is 9.43. The molecule has 0 atom stereocenters. The minimum atomic E-state index is -0.674. The summed E-state index contributed by atoms with van der Waals surface area (Å²) in [5.74, 6) is 0.636. The van der Waals surface area contributed by atoms with Crippen molar-refractivity contribution in [3.8, 4) is 5.75 Å². The molecule has 2 amide bonds. The maximum absolute atomic E-state index is 11.7. The highest BCUT2D eigenvalue weighted by atomic mass is 35.5. The van der Waals surface area contributed by atoms with Gasteiger partial charge in [0.2, 0.25) is 5.13 Å². The molecule has 2 rings (SSSR count). The maximum Gasteiger partial charge on any atom is 0.325 e. The highest BCUT2D eigenvalue weighted by Crippen LogP contribution is 2.37. The molecule has 0 saturated heterocycles. The Hall–Kier alpha value is -1.86. The summed E-state index contributed by atoms with van der Waals surface area (Å²) in [7, 11) is 1.55. The maximum atomic E-state index is 11.7. The Balaban J connectivity index is 2.56. The van der Waals surface area contributed by atoms with Crippen LogP contribution in [0.1, 0.15) is 10.6 Å². The van der Waals surface area contributed by atoms with Gasteiger partial charge in [-0.15, -0.1) is 10.2 Å². The van der Waals surface area contributed by atoms with Crippen LogP contribution in [-0.4, -0.2) is 23.3 Å². The van der Waals surface area contributed by atoms with Crippen molar-refractivity contribution in [2.45, 2.75) is 13.8 Å². The molecule has 0 saturated carbocycles. The van der Waals surface area contributed by atoms with Crippen molar-refractivity contribution < 1.29 is 9.53 Å². The number of methoxy groups -OCH3 is 1. The molecule has 0 spiro atoms. The summed E-state index contributed by atoms with van der Waals surface area (Å²) in [6.07, 6.45) is 0. The van der Waals surface area contributed by atoms with Crippen molar-refractivity contribution in [2.75, 3.05) is 12.0 Å². The number of urea groups is 1. The molecular formula is C12H13ClN4O2S. The fourth-order valence-electron chi connectivity index (χ4n) is 1.73. The Bertz CT molecular complexity index is 659. The van der Waals surface area contributed by atoms with Gasteiger partial charge in [-0.1, -0.05) is 22.9 Å². The zero-order valence-electron chi connectivity index (χ0n) is 11.2. The predicted octanol–water partition coefficient (Wildman–Crippen LogP) is 3.03. The molecule has 0 aliphatic heterocycles. The summed E-state index contributed by atoms with van der Waals surface area (Å²) in [4.78, 5) is 13.0. The van der Waals surface area contributed by atoms with Crippen LogP contribution in [-0.2, 0) is 0 Å². The van der Waals surface area contributed by atoms with Crippen molar-refractivity contribution in [2.24, 2.45) is 5.73 Å². The van der Waals surface area contributed by atoms with Gasteiger partial charge < -0.3 is 10.5 Å². The van der Waals surface area contributed by atoms with E-state index in [2.05, 4.69) is 10.2 Å². The molecule has 0 aliphatic rings. The van der Waals surface area contributed by atoms with E-state index in [0.29, 0.717) is 21.6 Å². The second-order valence-electron chi connectivity index (χ2n) is 4.05. The van der Waals surface area contributed by atoms with Gasteiger partial charge >= 0.3 is 6.03 Å². The third-order valence-electron chi connectivity index (χ3n) is 2.63. The van der Waals surface area contributed by atoms with Gasteiger partial charge in [-0.3, -0.25) is 0 Å². The molecule has 6 nitrogen and oxygen atoms in total. The molecule has 1 aromatic heterocycles. The minimum absolute atomic E-state index is 0.346. The first kappa shape index (κ1) is 14.5. The quantitative estimate of drug-likeness (QED) is 0.944. The third kappa shape index (κ3) is 2.68. The Morgan fingerprint density at radius 1 is 1.40 bits per heavy atom. The lowest BCUT2D eigenvalue weighted by molar-refractivity contribution is 0.256. The number of carbonyl (C=O) groups excluding carboxylic acids is 1. The Morgan fingerprint density at radius 2 is 2.10 bits per heavy atom. The number of hydrogen-bond donors (Lipinski definition) is 1. The number of aromatic nitrogens is 2. The van der Waals surface area contributed by atoms with Gasteiger partial charge in [0.15, 0.2) is 0 Å². The molecule has 106 valence electrons. The number of aryl methyl sites for hydroxylation is 2. The highest BCUT2D eigenvalue weighted by molar-refractivity contribution is 7.15. The topological polar surface area (TPSA) is 81.3 Å². The van der Waals surface area contributed by atoms with Gasteiger partial charge in [-0.25, -0.2) is 9.69 Å². The number of ether oxygens (including phenoxy) is 1. The smallest absolute Gasteiger partial charge is 0.325 e. The average molecular weight is 313 g/mol. The number of nitrogens with zero attached hydrogens (tertiary/aromatic N) is 3. The van der Waals surface area contributed by atoms with Crippen LogP contribution in [0.2, 0.25) is 5.02 Å². The van der Waals surface area contributed by atoms with Gasteiger partial charge in [-0.2, -0.15) is 0 Å². The fourth-order valence-corrected chi connectivity index (χ4v) is 2.68. The Kier molecular flexibility index (Phi) is 4.10. The van der Waals surface area contributed by atoms with Crippen LogP contribution in [0.3, 0.4) is 0 Å². The van der Waals surface area contributed by atoms with E-state index in [-0.39, 0.29) is 0 Å². The normalized spacial score (nSPS) is 10.4. The zero-order chi connectivity index (χ0) is 14.9. The van der Waals surface area contributed by atoms with Gasteiger partial charge in [0.1, 0.15) is 10.8 Å². The van der Waals surface area contributed by atoms with E-state index >= 15 is 0 Å². The van der Waals surface area contributed by atoms with E-state index in [1.165, 1.54) is 16.2 Å². The molecule has 0 radical (unpaired) electrons. The standard InChI is InChI=1S/C12H13ClN4O2S/c1-6-4-9(8(13)5-10(6)19-3)17(11(14)18)12-16-15-7(2)20-12/h4-5H,1-3H3,(H2,14,18). The molecule has 0 fully saturated rings.